The number of halogens is 1. The van der Waals surface area contributed by atoms with Crippen molar-refractivity contribution in [3.05, 3.63) is 30.1 Å². The molecule has 2 rings (SSSR count). The van der Waals surface area contributed by atoms with E-state index in [-0.39, 0.29) is 24.9 Å². The maximum atomic E-state index is 12.8. The third kappa shape index (κ3) is 3.61. The minimum absolute atomic E-state index is 0.103. The molecule has 0 bridgehead atoms. The summed E-state index contributed by atoms with van der Waals surface area (Å²) >= 11 is 0. The summed E-state index contributed by atoms with van der Waals surface area (Å²) < 4.78 is 18.1. The fourth-order valence-electron chi connectivity index (χ4n) is 2.56. The molecule has 3 amide bonds. The van der Waals surface area contributed by atoms with Crippen molar-refractivity contribution in [3.63, 3.8) is 0 Å². The third-order valence-electron chi connectivity index (χ3n) is 4.10. The van der Waals surface area contributed by atoms with Crippen molar-refractivity contribution in [2.24, 2.45) is 0 Å². The largest absolute Gasteiger partial charge is 0.491 e. The third-order valence-corrected chi connectivity index (χ3v) is 4.10. The van der Waals surface area contributed by atoms with Crippen molar-refractivity contribution < 1.29 is 23.8 Å². The van der Waals surface area contributed by atoms with Gasteiger partial charge in [0.1, 0.15) is 29.8 Å². The normalized spacial score (nSPS) is 18.0. The minimum atomic E-state index is -1.03. The lowest BCUT2D eigenvalue weighted by Crippen LogP contribution is -2.46. The van der Waals surface area contributed by atoms with E-state index in [1.165, 1.54) is 24.3 Å². The summed E-state index contributed by atoms with van der Waals surface area (Å²) in [7, 11) is 0. The highest BCUT2D eigenvalue weighted by molar-refractivity contribution is 6.07. The lowest BCUT2D eigenvalue weighted by atomic mass is 9.93. The number of hydrogen-bond acceptors (Lipinski definition) is 4. The standard InChI is InChI=1S/C16H21FN2O4/c1-3-16(4-2)14(21)19(15(22)18-16)9-12(20)10-23-13-7-5-11(17)6-8-13/h5-8,12,20H,3-4,9-10H2,1-2H3,(H,18,22)/t12-/m0/s1. The zero-order chi connectivity index (χ0) is 17.0. The molecular formula is C16H21FN2O4. The lowest BCUT2D eigenvalue weighted by molar-refractivity contribution is -0.132. The predicted molar refractivity (Wildman–Crippen MR) is 81.5 cm³/mol. The second kappa shape index (κ2) is 6.95. The van der Waals surface area contributed by atoms with Gasteiger partial charge >= 0.3 is 6.03 Å². The van der Waals surface area contributed by atoms with Crippen LogP contribution in [0.4, 0.5) is 9.18 Å². The number of aliphatic hydroxyl groups excluding tert-OH is 1. The minimum Gasteiger partial charge on any atom is -0.491 e. The van der Waals surface area contributed by atoms with Gasteiger partial charge < -0.3 is 15.2 Å². The van der Waals surface area contributed by atoms with Crippen LogP contribution in [0.3, 0.4) is 0 Å². The highest BCUT2D eigenvalue weighted by Gasteiger charge is 2.48. The van der Waals surface area contributed by atoms with Gasteiger partial charge in [-0.1, -0.05) is 13.8 Å². The maximum absolute atomic E-state index is 12.8. The molecule has 0 radical (unpaired) electrons. The first-order chi connectivity index (χ1) is 10.9. The number of nitrogens with one attached hydrogen (secondary N) is 1. The molecule has 6 nitrogen and oxygen atoms in total. The molecule has 1 aliphatic rings. The summed E-state index contributed by atoms with van der Waals surface area (Å²) in [6, 6.07) is 4.87. The van der Waals surface area contributed by atoms with Gasteiger partial charge in [-0.2, -0.15) is 0 Å². The van der Waals surface area contributed by atoms with E-state index < -0.39 is 17.7 Å². The topological polar surface area (TPSA) is 78.9 Å². The number of aliphatic hydroxyl groups is 1. The van der Waals surface area contributed by atoms with Crippen LogP contribution in [-0.4, -0.2) is 46.7 Å². The van der Waals surface area contributed by atoms with Crippen LogP contribution < -0.4 is 10.1 Å². The van der Waals surface area contributed by atoms with E-state index in [9.17, 15) is 19.1 Å². The fourth-order valence-corrected chi connectivity index (χ4v) is 2.56. The smallest absolute Gasteiger partial charge is 0.325 e. The number of hydrogen-bond donors (Lipinski definition) is 2. The summed E-state index contributed by atoms with van der Waals surface area (Å²) in [5.41, 5.74) is -0.880. The summed E-state index contributed by atoms with van der Waals surface area (Å²) in [6.07, 6.45) is -0.0428. The van der Waals surface area contributed by atoms with Crippen LogP contribution in [0.5, 0.6) is 5.75 Å². The number of rotatable bonds is 7. The monoisotopic (exact) mass is 324 g/mol. The number of carbonyl (C=O) groups is 2. The van der Waals surface area contributed by atoms with E-state index in [2.05, 4.69) is 5.32 Å². The van der Waals surface area contributed by atoms with Gasteiger partial charge in [0.15, 0.2) is 0 Å². The molecule has 126 valence electrons. The van der Waals surface area contributed by atoms with Crippen molar-refractivity contribution >= 4 is 11.9 Å². The molecule has 0 aromatic heterocycles. The van der Waals surface area contributed by atoms with E-state index >= 15 is 0 Å². The fraction of sp³-hybridized carbons (Fsp3) is 0.500. The maximum Gasteiger partial charge on any atom is 0.325 e. The molecule has 1 fully saturated rings. The van der Waals surface area contributed by atoms with Crippen molar-refractivity contribution in [1.82, 2.24) is 10.2 Å². The predicted octanol–water partition coefficient (Wildman–Crippen LogP) is 1.68. The molecule has 0 saturated carbocycles. The van der Waals surface area contributed by atoms with E-state index in [4.69, 9.17) is 4.74 Å². The molecule has 23 heavy (non-hydrogen) atoms. The van der Waals surface area contributed by atoms with Gasteiger partial charge in [0.05, 0.1) is 6.54 Å². The Morgan fingerprint density at radius 3 is 2.39 bits per heavy atom. The highest BCUT2D eigenvalue weighted by Crippen LogP contribution is 2.25. The number of β-amino-alcohol motifs (C(OH)–C–C–N with tert-alkyl or cyclic N) is 1. The number of urea groups is 1. The van der Waals surface area contributed by atoms with E-state index in [0.29, 0.717) is 18.6 Å². The number of ether oxygens (including phenoxy) is 1. The molecule has 1 aromatic carbocycles. The molecule has 0 spiro atoms. The number of benzene rings is 1. The first-order valence-electron chi connectivity index (χ1n) is 7.62. The van der Waals surface area contributed by atoms with Gasteiger partial charge in [-0.05, 0) is 37.1 Å². The summed E-state index contributed by atoms with van der Waals surface area (Å²) in [5.74, 6) is -0.305. The van der Waals surface area contributed by atoms with Gasteiger partial charge in [0.2, 0.25) is 0 Å². The van der Waals surface area contributed by atoms with Crippen LogP contribution in [0, 0.1) is 5.82 Å². The zero-order valence-corrected chi connectivity index (χ0v) is 13.2. The Bertz CT molecular complexity index is 572. The van der Waals surface area contributed by atoms with Crippen LogP contribution >= 0.6 is 0 Å². The van der Waals surface area contributed by atoms with Crippen molar-refractivity contribution in [3.8, 4) is 5.75 Å². The summed E-state index contributed by atoms with van der Waals surface area (Å²) in [6.45, 7) is 3.42. The molecule has 1 atom stereocenters. The highest BCUT2D eigenvalue weighted by atomic mass is 19.1. The number of imide groups is 1. The average Bonchev–Trinajstić information content (AvgIpc) is 2.79. The van der Waals surface area contributed by atoms with E-state index in [1.807, 2.05) is 13.8 Å². The lowest BCUT2D eigenvalue weighted by Gasteiger charge is -2.23. The van der Waals surface area contributed by atoms with Crippen LogP contribution in [0.15, 0.2) is 24.3 Å². The summed E-state index contributed by atoms with van der Waals surface area (Å²) in [5, 5.41) is 12.7. The van der Waals surface area contributed by atoms with E-state index in [1.54, 1.807) is 0 Å². The second-order valence-electron chi connectivity index (χ2n) is 5.55. The average molecular weight is 324 g/mol. The molecule has 1 heterocycles. The van der Waals surface area contributed by atoms with Crippen LogP contribution in [0.2, 0.25) is 0 Å². The van der Waals surface area contributed by atoms with Crippen molar-refractivity contribution in [1.29, 1.82) is 0 Å². The van der Waals surface area contributed by atoms with Gasteiger partial charge in [0, 0.05) is 0 Å². The Hall–Kier alpha value is -2.15. The second-order valence-corrected chi connectivity index (χ2v) is 5.55. The van der Waals surface area contributed by atoms with Crippen LogP contribution in [-0.2, 0) is 4.79 Å². The van der Waals surface area contributed by atoms with Gasteiger partial charge in [-0.3, -0.25) is 9.69 Å². The molecule has 1 aliphatic heterocycles. The molecule has 1 saturated heterocycles. The molecular weight excluding hydrogens is 303 g/mol. The Balaban J connectivity index is 1.92. The van der Waals surface area contributed by atoms with Crippen LogP contribution in [0.25, 0.3) is 0 Å². The van der Waals surface area contributed by atoms with Crippen LogP contribution in [0.1, 0.15) is 26.7 Å². The number of amides is 3. The number of nitrogens with zero attached hydrogens (tertiary/aromatic N) is 1. The molecule has 0 aliphatic carbocycles. The van der Waals surface area contributed by atoms with Gasteiger partial charge in [-0.15, -0.1) is 0 Å². The van der Waals surface area contributed by atoms with Gasteiger partial charge in [0.25, 0.3) is 5.91 Å². The Labute approximate surface area is 134 Å². The zero-order valence-electron chi connectivity index (χ0n) is 13.2. The van der Waals surface area contributed by atoms with Crippen molar-refractivity contribution in [2.45, 2.75) is 38.3 Å². The first-order valence-corrected chi connectivity index (χ1v) is 7.62. The molecule has 2 N–H and O–H groups in total. The summed E-state index contributed by atoms with van der Waals surface area (Å²) in [4.78, 5) is 25.4. The Kier molecular flexibility index (Phi) is 5.20. The van der Waals surface area contributed by atoms with Crippen molar-refractivity contribution in [2.75, 3.05) is 13.2 Å². The quantitative estimate of drug-likeness (QED) is 0.748. The van der Waals surface area contributed by atoms with Gasteiger partial charge in [-0.25, -0.2) is 9.18 Å². The molecule has 1 aromatic rings. The number of carbonyl (C=O) groups excluding carboxylic acids is 2. The Morgan fingerprint density at radius 2 is 1.87 bits per heavy atom. The first kappa shape index (κ1) is 17.2. The Morgan fingerprint density at radius 1 is 1.26 bits per heavy atom. The van der Waals surface area contributed by atoms with E-state index in [0.717, 1.165) is 4.90 Å². The molecule has 7 heteroatoms. The molecule has 0 unspecified atom stereocenters. The SMILES string of the molecule is CCC1(CC)NC(=O)N(C[C@H](O)COc2ccc(F)cc2)C1=O.